The summed E-state index contributed by atoms with van der Waals surface area (Å²) in [6.07, 6.45) is -12.6. The van der Waals surface area contributed by atoms with Crippen LogP contribution in [0, 0.1) is 0 Å². The van der Waals surface area contributed by atoms with Crippen LogP contribution in [-0.2, 0) is 22.2 Å². The van der Waals surface area contributed by atoms with Crippen LogP contribution in [0.1, 0.15) is 34.5 Å². The topological polar surface area (TPSA) is 74.6 Å². The van der Waals surface area contributed by atoms with E-state index in [0.29, 0.717) is 18.4 Å². The largest absolute Gasteiger partial charge is 0.416 e. The summed E-state index contributed by atoms with van der Waals surface area (Å²) in [6, 6.07) is 4.48. The van der Waals surface area contributed by atoms with Gasteiger partial charge in [0.25, 0.3) is 0 Å². The molecule has 0 bridgehead atoms. The molecule has 2 unspecified atom stereocenters. The highest BCUT2D eigenvalue weighted by Gasteiger charge is 2.40. The van der Waals surface area contributed by atoms with Crippen LogP contribution in [0.2, 0.25) is 0 Å². The van der Waals surface area contributed by atoms with E-state index in [4.69, 9.17) is 0 Å². The molecule has 2 atom stereocenters. The second-order valence-corrected chi connectivity index (χ2v) is 9.25. The number of hydrogen-bond donors (Lipinski definition) is 2. The van der Waals surface area contributed by atoms with Gasteiger partial charge in [0.15, 0.2) is 9.84 Å². The minimum Gasteiger partial charge on any atom is -0.385 e. The van der Waals surface area contributed by atoms with Crippen molar-refractivity contribution in [2.24, 2.45) is 0 Å². The van der Waals surface area contributed by atoms with Gasteiger partial charge < -0.3 is 10.2 Å². The van der Waals surface area contributed by atoms with Crippen molar-refractivity contribution < 1.29 is 45.0 Å². The average Bonchev–Trinajstić information content (AvgIpc) is 2.63. The molecule has 0 radical (unpaired) electrons. The smallest absolute Gasteiger partial charge is 0.385 e. The zero-order valence-corrected chi connectivity index (χ0v) is 17.0. The zero-order chi connectivity index (χ0) is 23.1. The lowest BCUT2D eigenvalue weighted by Gasteiger charge is -2.25. The molecule has 0 aliphatic heterocycles. The number of thioether (sulfide) groups is 1. The highest BCUT2D eigenvalue weighted by molar-refractivity contribution is 7.98. The molecule has 2 N–H and O–H groups in total. The van der Waals surface area contributed by atoms with E-state index in [0.717, 1.165) is 23.9 Å². The molecule has 0 aliphatic rings. The van der Waals surface area contributed by atoms with Gasteiger partial charge in [0.05, 0.1) is 16.0 Å². The van der Waals surface area contributed by atoms with Crippen LogP contribution in [-0.4, -0.2) is 31.1 Å². The molecule has 0 fully saturated rings. The molecule has 0 amide bonds. The van der Waals surface area contributed by atoms with Gasteiger partial charge in [-0.3, -0.25) is 0 Å². The second-order valence-electron chi connectivity index (χ2n) is 6.36. The maximum atomic E-state index is 13.4. The fourth-order valence-corrected chi connectivity index (χ4v) is 3.86. The maximum absolute atomic E-state index is 13.4. The van der Waals surface area contributed by atoms with E-state index in [2.05, 4.69) is 0 Å². The highest BCUT2D eigenvalue weighted by Crippen LogP contribution is 2.43. The van der Waals surface area contributed by atoms with Crippen molar-refractivity contribution in [3.05, 3.63) is 58.7 Å². The molecule has 12 heteroatoms. The summed E-state index contributed by atoms with van der Waals surface area (Å²) in [6.45, 7) is 0. The van der Waals surface area contributed by atoms with Gasteiger partial charge in [0.1, 0.15) is 12.2 Å². The summed E-state index contributed by atoms with van der Waals surface area (Å²) in [5.74, 6) is 0. The first-order chi connectivity index (χ1) is 13.6. The maximum Gasteiger partial charge on any atom is 0.416 e. The number of halogens is 6. The summed E-state index contributed by atoms with van der Waals surface area (Å²) in [7, 11) is -4.03. The first kappa shape index (κ1) is 24.5. The van der Waals surface area contributed by atoms with Gasteiger partial charge in [-0.1, -0.05) is 12.1 Å². The first-order valence-electron chi connectivity index (χ1n) is 8.10. The Morgan fingerprint density at radius 2 is 1.27 bits per heavy atom. The number of aliphatic hydroxyl groups excluding tert-OH is 2. The van der Waals surface area contributed by atoms with Crippen LogP contribution in [0.3, 0.4) is 0 Å². The van der Waals surface area contributed by atoms with Crippen LogP contribution in [0.15, 0.2) is 46.2 Å². The van der Waals surface area contributed by atoms with Gasteiger partial charge >= 0.3 is 12.4 Å². The minimum absolute atomic E-state index is 0.196. The van der Waals surface area contributed by atoms with Crippen molar-refractivity contribution in [1.82, 2.24) is 0 Å². The van der Waals surface area contributed by atoms with Crippen LogP contribution in [0.25, 0.3) is 0 Å². The van der Waals surface area contributed by atoms with E-state index < -0.39 is 61.5 Å². The molecule has 0 aliphatic carbocycles. The van der Waals surface area contributed by atoms with Crippen LogP contribution >= 0.6 is 11.8 Å². The second kappa shape index (κ2) is 8.40. The highest BCUT2D eigenvalue weighted by atomic mass is 32.2. The van der Waals surface area contributed by atoms with Crippen molar-refractivity contribution >= 4 is 21.6 Å². The Kier molecular flexibility index (Phi) is 6.87. The van der Waals surface area contributed by atoms with E-state index in [-0.39, 0.29) is 11.0 Å². The van der Waals surface area contributed by atoms with Crippen molar-refractivity contribution in [1.29, 1.82) is 0 Å². The molecule has 30 heavy (non-hydrogen) atoms. The molecule has 0 saturated heterocycles. The molecule has 2 aromatic rings. The molecule has 0 aromatic heterocycles. The Morgan fingerprint density at radius 3 is 1.67 bits per heavy atom. The predicted octanol–water partition coefficient (Wildman–Crippen LogP) is 4.62. The van der Waals surface area contributed by atoms with Crippen LogP contribution in [0.5, 0.6) is 0 Å². The van der Waals surface area contributed by atoms with Gasteiger partial charge in [0.2, 0.25) is 0 Å². The number of sulfone groups is 1. The molecule has 0 saturated carbocycles. The lowest BCUT2D eigenvalue weighted by Crippen LogP contribution is -2.20. The summed E-state index contributed by atoms with van der Waals surface area (Å²) >= 11 is 0.984. The fraction of sp³-hybridized carbons (Fsp3) is 0.333. The third-order valence-corrected chi connectivity index (χ3v) is 6.10. The Labute approximate surface area is 172 Å². The molecule has 4 nitrogen and oxygen atoms in total. The van der Waals surface area contributed by atoms with Gasteiger partial charge in [-0.05, 0) is 41.6 Å². The SMILES string of the molecule is CSc1ccc(C(O)C(O)c2ccc(S(C)(=O)=O)cc2C(F)(F)F)c(C(F)(F)F)c1. The Morgan fingerprint density at radius 1 is 0.833 bits per heavy atom. The van der Waals surface area contributed by atoms with Crippen LogP contribution < -0.4 is 0 Å². The monoisotopic (exact) mass is 474 g/mol. The zero-order valence-electron chi connectivity index (χ0n) is 15.4. The van der Waals surface area contributed by atoms with Crippen molar-refractivity contribution in [3.63, 3.8) is 0 Å². The standard InChI is InChI=1S/C18H16F6O4S2/c1-29-9-3-5-11(13(7-9)17(19,20)21)15(25)16(26)12-6-4-10(30(2,27)28)8-14(12)18(22,23)24/h3-8,15-16,25-26H,1-2H3. The lowest BCUT2D eigenvalue weighted by molar-refractivity contribution is -0.142. The molecule has 166 valence electrons. The van der Waals surface area contributed by atoms with E-state index in [9.17, 15) is 45.0 Å². The molecule has 0 heterocycles. The number of hydrogen-bond acceptors (Lipinski definition) is 5. The van der Waals surface area contributed by atoms with Gasteiger partial charge in [-0.15, -0.1) is 11.8 Å². The Bertz CT molecular complexity index is 1030. The minimum atomic E-state index is -5.13. The molecule has 2 aromatic carbocycles. The quantitative estimate of drug-likeness (QED) is 0.489. The van der Waals surface area contributed by atoms with Gasteiger partial charge in [-0.2, -0.15) is 26.3 Å². The van der Waals surface area contributed by atoms with Crippen molar-refractivity contribution in [2.45, 2.75) is 34.4 Å². The Balaban J connectivity index is 2.63. The number of rotatable bonds is 5. The normalized spacial score (nSPS) is 15.1. The predicted molar refractivity (Wildman–Crippen MR) is 97.7 cm³/mol. The van der Waals surface area contributed by atoms with E-state index >= 15 is 0 Å². The average molecular weight is 474 g/mol. The van der Waals surface area contributed by atoms with E-state index in [1.807, 2.05) is 0 Å². The molecule has 2 rings (SSSR count). The molecular formula is C18H16F6O4S2. The van der Waals surface area contributed by atoms with Crippen molar-refractivity contribution in [3.8, 4) is 0 Å². The fourth-order valence-electron chi connectivity index (χ4n) is 2.78. The molecular weight excluding hydrogens is 458 g/mol. The summed E-state index contributed by atoms with van der Waals surface area (Å²) in [5.41, 5.74) is -4.65. The summed E-state index contributed by atoms with van der Waals surface area (Å²) in [5, 5.41) is 20.7. The third-order valence-electron chi connectivity index (χ3n) is 4.26. The third kappa shape index (κ3) is 5.29. The number of benzene rings is 2. The first-order valence-corrected chi connectivity index (χ1v) is 11.2. The lowest BCUT2D eigenvalue weighted by atomic mass is 9.92. The Hall–Kier alpha value is -1.76. The molecule has 0 spiro atoms. The number of aliphatic hydroxyl groups is 2. The summed E-state index contributed by atoms with van der Waals surface area (Å²) in [4.78, 5) is -0.498. The van der Waals surface area contributed by atoms with Gasteiger partial charge in [0, 0.05) is 11.2 Å². The van der Waals surface area contributed by atoms with E-state index in [1.54, 1.807) is 0 Å². The summed E-state index contributed by atoms with van der Waals surface area (Å²) < 4.78 is 104. The van der Waals surface area contributed by atoms with E-state index in [1.165, 1.54) is 12.3 Å². The van der Waals surface area contributed by atoms with Crippen LogP contribution in [0.4, 0.5) is 26.3 Å². The number of alkyl halides is 6. The van der Waals surface area contributed by atoms with Crippen molar-refractivity contribution in [2.75, 3.05) is 12.5 Å². The van der Waals surface area contributed by atoms with Gasteiger partial charge in [-0.25, -0.2) is 8.42 Å².